The minimum absolute atomic E-state index is 0.00718. The van der Waals surface area contributed by atoms with Crippen LogP contribution in [0.3, 0.4) is 0 Å². The van der Waals surface area contributed by atoms with Crippen LogP contribution in [0.15, 0.2) is 42.6 Å². The SMILES string of the molecule is N#CCC1(Cn2c(CN3CCC(Oc4ccnc(COc5ccc(C#N)cc5F)n4)CC3)nc3c(F)cc(C(=O)O)cc32)CC1. The molecule has 6 rings (SSSR count). The Morgan fingerprint density at radius 2 is 1.89 bits per heavy atom. The number of piperidine rings is 1. The van der Waals surface area contributed by atoms with Crippen LogP contribution in [0.25, 0.3) is 11.0 Å². The van der Waals surface area contributed by atoms with Crippen molar-refractivity contribution in [1.29, 1.82) is 10.5 Å². The van der Waals surface area contributed by atoms with Crippen molar-refractivity contribution >= 4 is 17.0 Å². The zero-order valence-electron chi connectivity index (χ0n) is 24.2. The summed E-state index contributed by atoms with van der Waals surface area (Å²) < 4.78 is 42.6. The Morgan fingerprint density at radius 1 is 1.09 bits per heavy atom. The summed E-state index contributed by atoms with van der Waals surface area (Å²) in [5, 5.41) is 27.8. The summed E-state index contributed by atoms with van der Waals surface area (Å²) in [7, 11) is 0. The van der Waals surface area contributed by atoms with E-state index in [0.717, 1.165) is 25.0 Å². The molecule has 0 radical (unpaired) electrons. The number of carbonyl (C=O) groups is 1. The summed E-state index contributed by atoms with van der Waals surface area (Å²) in [6.45, 7) is 2.20. The fourth-order valence-corrected chi connectivity index (χ4v) is 5.62. The van der Waals surface area contributed by atoms with Crippen LogP contribution in [0.2, 0.25) is 0 Å². The number of nitriles is 2. The van der Waals surface area contributed by atoms with Gasteiger partial charge < -0.3 is 19.1 Å². The second-order valence-electron chi connectivity index (χ2n) is 11.5. The van der Waals surface area contributed by atoms with E-state index in [4.69, 9.17) is 14.7 Å². The number of halogens is 2. The van der Waals surface area contributed by atoms with E-state index in [1.54, 1.807) is 12.3 Å². The van der Waals surface area contributed by atoms with Gasteiger partial charge in [-0.15, -0.1) is 0 Å². The van der Waals surface area contributed by atoms with Crippen molar-refractivity contribution in [3.8, 4) is 23.8 Å². The van der Waals surface area contributed by atoms with Crippen LogP contribution in [0.1, 0.15) is 59.7 Å². The molecule has 0 unspecified atom stereocenters. The van der Waals surface area contributed by atoms with Crippen LogP contribution in [-0.4, -0.2) is 54.7 Å². The summed E-state index contributed by atoms with van der Waals surface area (Å²) in [5.74, 6) is -1.22. The van der Waals surface area contributed by atoms with Crippen LogP contribution >= 0.6 is 0 Å². The van der Waals surface area contributed by atoms with E-state index < -0.39 is 17.6 Å². The molecule has 3 heterocycles. The molecule has 1 aliphatic carbocycles. The summed E-state index contributed by atoms with van der Waals surface area (Å²) >= 11 is 0. The maximum atomic E-state index is 15.0. The lowest BCUT2D eigenvalue weighted by Gasteiger charge is -2.31. The smallest absolute Gasteiger partial charge is 0.335 e. The fraction of sp³-hybridized carbons (Fsp3) is 0.375. The lowest BCUT2D eigenvalue weighted by atomic mass is 10.0. The molecule has 0 spiro atoms. The number of imidazole rings is 1. The number of carboxylic acids is 1. The number of likely N-dealkylation sites (tertiary alicyclic amines) is 1. The molecule has 11 nitrogen and oxygen atoms in total. The number of hydrogen-bond acceptors (Lipinski definition) is 9. The van der Waals surface area contributed by atoms with Gasteiger partial charge in [0.1, 0.15) is 24.1 Å². The van der Waals surface area contributed by atoms with E-state index >= 15 is 0 Å². The Kier molecular flexibility index (Phi) is 8.28. The second-order valence-corrected chi connectivity index (χ2v) is 11.5. The first-order valence-corrected chi connectivity index (χ1v) is 14.6. The highest BCUT2D eigenvalue weighted by Crippen LogP contribution is 2.50. The molecule has 13 heteroatoms. The van der Waals surface area contributed by atoms with Crippen molar-refractivity contribution in [2.75, 3.05) is 13.1 Å². The van der Waals surface area contributed by atoms with Gasteiger partial charge in [0.15, 0.2) is 23.2 Å². The third-order valence-corrected chi connectivity index (χ3v) is 8.32. The molecule has 2 fully saturated rings. The highest BCUT2D eigenvalue weighted by molar-refractivity contribution is 5.92. The van der Waals surface area contributed by atoms with Crippen molar-refractivity contribution in [3.63, 3.8) is 0 Å². The van der Waals surface area contributed by atoms with Crippen molar-refractivity contribution in [1.82, 2.24) is 24.4 Å². The normalized spacial score (nSPS) is 16.2. The molecule has 230 valence electrons. The number of fused-ring (bicyclic) bond motifs is 1. The van der Waals surface area contributed by atoms with Gasteiger partial charge in [-0.2, -0.15) is 15.5 Å². The van der Waals surface area contributed by atoms with E-state index in [1.807, 2.05) is 10.6 Å². The lowest BCUT2D eigenvalue weighted by Crippen LogP contribution is -2.38. The van der Waals surface area contributed by atoms with Gasteiger partial charge in [-0.3, -0.25) is 4.90 Å². The zero-order valence-corrected chi connectivity index (χ0v) is 24.2. The molecule has 1 saturated carbocycles. The number of hydrogen-bond donors (Lipinski definition) is 1. The van der Waals surface area contributed by atoms with Crippen LogP contribution in [0.4, 0.5) is 8.78 Å². The number of ether oxygens (including phenoxy) is 2. The minimum Gasteiger partial charge on any atom is -0.483 e. The van der Waals surface area contributed by atoms with Crippen molar-refractivity contribution in [2.24, 2.45) is 5.41 Å². The number of rotatable bonds is 11. The van der Waals surface area contributed by atoms with E-state index in [-0.39, 0.29) is 40.5 Å². The van der Waals surface area contributed by atoms with Gasteiger partial charge in [-0.25, -0.2) is 23.5 Å². The first-order valence-electron chi connectivity index (χ1n) is 14.6. The number of benzene rings is 2. The standard InChI is InChI=1S/C32H29F2N7O4/c33-23-13-20(16-36)1-2-26(23)44-18-27-37-10-3-29(38-27)45-22-4-11-40(12-5-22)17-28-39-30-24(34)14-21(31(42)43)15-25(30)41(28)19-32(6-7-32)8-9-35/h1-3,10,13-15,22H,4-8,11-12,17-19H2,(H,42,43). The molecule has 2 aliphatic rings. The molecule has 0 amide bonds. The Labute approximate surface area is 257 Å². The number of nitrogens with zero attached hydrogens (tertiary/aromatic N) is 7. The molecule has 2 aromatic heterocycles. The van der Waals surface area contributed by atoms with Gasteiger partial charge >= 0.3 is 5.97 Å². The molecule has 1 saturated heterocycles. The summed E-state index contributed by atoms with van der Waals surface area (Å²) in [5.41, 5.74) is 0.408. The summed E-state index contributed by atoms with van der Waals surface area (Å²) in [6.07, 6.45) is 4.97. The number of aromatic nitrogens is 4. The van der Waals surface area contributed by atoms with Crippen molar-refractivity contribution in [3.05, 3.63) is 77.0 Å². The van der Waals surface area contributed by atoms with Crippen molar-refractivity contribution in [2.45, 2.75) is 57.9 Å². The van der Waals surface area contributed by atoms with Crippen LogP contribution in [0.5, 0.6) is 11.6 Å². The van der Waals surface area contributed by atoms with E-state index in [1.165, 1.54) is 18.2 Å². The molecule has 4 aromatic rings. The maximum Gasteiger partial charge on any atom is 0.335 e. The average Bonchev–Trinajstić information content (AvgIpc) is 3.71. The summed E-state index contributed by atoms with van der Waals surface area (Å²) in [6, 6.07) is 12.2. The van der Waals surface area contributed by atoms with Gasteiger partial charge in [0.2, 0.25) is 5.88 Å². The number of carboxylic acid groups (broad SMARTS) is 1. The molecule has 0 atom stereocenters. The van der Waals surface area contributed by atoms with Crippen LogP contribution in [0, 0.1) is 39.7 Å². The fourth-order valence-electron chi connectivity index (χ4n) is 5.62. The third-order valence-electron chi connectivity index (χ3n) is 8.32. The van der Waals surface area contributed by atoms with Gasteiger partial charge in [0, 0.05) is 43.7 Å². The third kappa shape index (κ3) is 6.69. The molecule has 0 bridgehead atoms. The minimum atomic E-state index is -1.21. The molecule has 2 aromatic carbocycles. The Hall–Kier alpha value is -5.14. The lowest BCUT2D eigenvalue weighted by molar-refractivity contribution is 0.0696. The second kappa shape index (κ2) is 12.5. The number of aromatic carboxylic acids is 1. The molecular formula is C32H29F2N7O4. The molecular weight excluding hydrogens is 584 g/mol. The van der Waals surface area contributed by atoms with Gasteiger partial charge in [0.25, 0.3) is 0 Å². The van der Waals surface area contributed by atoms with Gasteiger partial charge in [-0.1, -0.05) is 0 Å². The average molecular weight is 614 g/mol. The molecule has 1 aliphatic heterocycles. The van der Waals surface area contributed by atoms with Crippen LogP contribution in [-0.2, 0) is 19.7 Å². The Bertz CT molecular complexity index is 1840. The summed E-state index contributed by atoms with van der Waals surface area (Å²) in [4.78, 5) is 27.0. The first kappa shape index (κ1) is 29.9. The zero-order chi connectivity index (χ0) is 31.6. The van der Waals surface area contributed by atoms with Gasteiger partial charge in [0.05, 0.1) is 35.3 Å². The topological polar surface area (TPSA) is 150 Å². The highest BCUT2D eigenvalue weighted by atomic mass is 19.1. The van der Waals surface area contributed by atoms with E-state index in [9.17, 15) is 23.9 Å². The molecule has 1 N–H and O–H groups in total. The van der Waals surface area contributed by atoms with Gasteiger partial charge in [-0.05, 0) is 56.0 Å². The quantitative estimate of drug-likeness (QED) is 0.245. The predicted octanol–water partition coefficient (Wildman–Crippen LogP) is 4.99. The predicted molar refractivity (Wildman–Crippen MR) is 155 cm³/mol. The van der Waals surface area contributed by atoms with Crippen molar-refractivity contribution < 1.29 is 28.2 Å². The Balaban J connectivity index is 1.10. The van der Waals surface area contributed by atoms with Crippen LogP contribution < -0.4 is 9.47 Å². The monoisotopic (exact) mass is 613 g/mol. The molecule has 45 heavy (non-hydrogen) atoms. The van der Waals surface area contributed by atoms with E-state index in [2.05, 4.69) is 25.9 Å². The maximum absolute atomic E-state index is 15.0. The largest absolute Gasteiger partial charge is 0.483 e. The van der Waals surface area contributed by atoms with E-state index in [0.29, 0.717) is 68.5 Å². The highest BCUT2D eigenvalue weighted by Gasteiger charge is 2.43. The first-order chi connectivity index (χ1) is 21.8. The Morgan fingerprint density at radius 3 is 2.58 bits per heavy atom.